The predicted octanol–water partition coefficient (Wildman–Crippen LogP) is 2.20. The third-order valence-electron chi connectivity index (χ3n) is 4.46. The molecule has 10 heteroatoms. The SMILES string of the molecule is O=Cc1ccc(NN2CCOCCOc3cc(ccc3F)C2C(=O)O)cc1C(=O)O. The molecule has 0 saturated carbocycles. The number of carboxylic acid groups (broad SMARTS) is 2. The van der Waals surface area contributed by atoms with Crippen molar-refractivity contribution < 1.29 is 38.5 Å². The highest BCUT2D eigenvalue weighted by Gasteiger charge is 2.29. The first-order valence-corrected chi connectivity index (χ1v) is 8.99. The number of ether oxygens (including phenoxy) is 2. The fourth-order valence-corrected chi connectivity index (χ4v) is 3.06. The van der Waals surface area contributed by atoms with Crippen molar-refractivity contribution in [1.82, 2.24) is 5.01 Å². The number of hydrogen-bond donors (Lipinski definition) is 3. The summed E-state index contributed by atoms with van der Waals surface area (Å²) < 4.78 is 24.7. The molecule has 1 unspecified atom stereocenters. The van der Waals surface area contributed by atoms with E-state index in [1.165, 1.54) is 35.3 Å². The predicted molar refractivity (Wildman–Crippen MR) is 102 cm³/mol. The molecule has 0 fully saturated rings. The Morgan fingerprint density at radius 1 is 1.13 bits per heavy atom. The van der Waals surface area contributed by atoms with Gasteiger partial charge in [-0.25, -0.2) is 14.2 Å². The van der Waals surface area contributed by atoms with Crippen molar-refractivity contribution in [2.75, 3.05) is 31.8 Å². The molecule has 3 rings (SSSR count). The first-order chi connectivity index (χ1) is 14.4. The monoisotopic (exact) mass is 418 g/mol. The zero-order valence-corrected chi connectivity index (χ0v) is 15.7. The van der Waals surface area contributed by atoms with E-state index >= 15 is 0 Å². The van der Waals surface area contributed by atoms with Crippen LogP contribution in [0, 0.1) is 5.82 Å². The van der Waals surface area contributed by atoms with Crippen molar-refractivity contribution in [3.63, 3.8) is 0 Å². The van der Waals surface area contributed by atoms with Crippen LogP contribution in [0.1, 0.15) is 32.3 Å². The second kappa shape index (κ2) is 9.33. The molecule has 2 aromatic carbocycles. The lowest BCUT2D eigenvalue weighted by molar-refractivity contribution is -0.143. The molecule has 3 N–H and O–H groups in total. The van der Waals surface area contributed by atoms with Gasteiger partial charge in [-0.15, -0.1) is 0 Å². The van der Waals surface area contributed by atoms with Gasteiger partial charge in [0.2, 0.25) is 0 Å². The van der Waals surface area contributed by atoms with Gasteiger partial charge in [-0.2, -0.15) is 0 Å². The number of aldehydes is 1. The summed E-state index contributed by atoms with van der Waals surface area (Å²) in [6.45, 7) is 0.519. The van der Waals surface area contributed by atoms with Crippen LogP contribution in [0.4, 0.5) is 10.1 Å². The third-order valence-corrected chi connectivity index (χ3v) is 4.46. The van der Waals surface area contributed by atoms with Crippen LogP contribution in [0.15, 0.2) is 36.4 Å². The smallest absolute Gasteiger partial charge is 0.336 e. The van der Waals surface area contributed by atoms with E-state index in [4.69, 9.17) is 9.47 Å². The molecule has 1 heterocycles. The number of nitrogens with zero attached hydrogens (tertiary/aromatic N) is 1. The van der Waals surface area contributed by atoms with Gasteiger partial charge in [0.1, 0.15) is 6.61 Å². The molecule has 1 atom stereocenters. The quantitative estimate of drug-likeness (QED) is 0.627. The van der Waals surface area contributed by atoms with Gasteiger partial charge in [0.05, 0.1) is 18.8 Å². The summed E-state index contributed by atoms with van der Waals surface area (Å²) in [6, 6.07) is 6.53. The number of hydrazine groups is 1. The van der Waals surface area contributed by atoms with Gasteiger partial charge in [0, 0.05) is 17.8 Å². The lowest BCUT2D eigenvalue weighted by atomic mass is 10.1. The molecule has 0 aliphatic carbocycles. The van der Waals surface area contributed by atoms with Crippen LogP contribution >= 0.6 is 0 Å². The Kier molecular flexibility index (Phi) is 6.60. The van der Waals surface area contributed by atoms with E-state index in [0.29, 0.717) is 6.29 Å². The highest BCUT2D eigenvalue weighted by atomic mass is 19.1. The van der Waals surface area contributed by atoms with Crippen LogP contribution in [0.3, 0.4) is 0 Å². The molecule has 0 saturated heterocycles. The average molecular weight is 418 g/mol. The van der Waals surface area contributed by atoms with E-state index in [2.05, 4.69) is 5.43 Å². The van der Waals surface area contributed by atoms with Crippen molar-refractivity contribution in [1.29, 1.82) is 0 Å². The summed E-state index contributed by atoms with van der Waals surface area (Å²) in [5.74, 6) is -3.23. The Hall–Kier alpha value is -3.50. The molecule has 158 valence electrons. The van der Waals surface area contributed by atoms with Crippen LogP contribution in [-0.2, 0) is 9.53 Å². The van der Waals surface area contributed by atoms with E-state index in [1.807, 2.05) is 0 Å². The third kappa shape index (κ3) is 4.73. The minimum atomic E-state index is -1.29. The van der Waals surface area contributed by atoms with Gasteiger partial charge >= 0.3 is 11.9 Å². The molecule has 1 aliphatic heterocycles. The molecular weight excluding hydrogens is 399 g/mol. The lowest BCUT2D eigenvalue weighted by Crippen LogP contribution is -2.40. The van der Waals surface area contributed by atoms with Crippen molar-refractivity contribution >= 4 is 23.9 Å². The summed E-state index contributed by atoms with van der Waals surface area (Å²) in [7, 11) is 0. The number of carbonyl (C=O) groups excluding carboxylic acids is 1. The largest absolute Gasteiger partial charge is 0.488 e. The topological polar surface area (TPSA) is 125 Å². The summed E-state index contributed by atoms with van der Waals surface area (Å²) in [5, 5.41) is 20.5. The molecule has 0 amide bonds. The van der Waals surface area contributed by atoms with Gasteiger partial charge in [0.25, 0.3) is 0 Å². The molecule has 2 bridgehead atoms. The molecule has 9 nitrogen and oxygen atoms in total. The Bertz CT molecular complexity index is 966. The molecular formula is C20H19FN2O7. The van der Waals surface area contributed by atoms with Crippen LogP contribution in [-0.4, -0.2) is 59.8 Å². The van der Waals surface area contributed by atoms with Crippen LogP contribution in [0.2, 0.25) is 0 Å². The van der Waals surface area contributed by atoms with Gasteiger partial charge < -0.3 is 25.1 Å². The molecule has 0 spiro atoms. The molecule has 2 aromatic rings. The summed E-state index contributed by atoms with van der Waals surface area (Å²) in [5.41, 5.74) is 3.16. The zero-order valence-electron chi connectivity index (χ0n) is 15.7. The number of aromatic carboxylic acids is 1. The number of carboxylic acids is 2. The Labute approximate surface area is 170 Å². The maximum atomic E-state index is 14.0. The van der Waals surface area contributed by atoms with E-state index < -0.39 is 23.8 Å². The lowest BCUT2D eigenvalue weighted by Gasteiger charge is -2.30. The first-order valence-electron chi connectivity index (χ1n) is 8.99. The number of nitrogens with one attached hydrogen (secondary N) is 1. The van der Waals surface area contributed by atoms with Gasteiger partial charge in [-0.1, -0.05) is 6.07 Å². The number of rotatable bonds is 5. The maximum Gasteiger partial charge on any atom is 0.336 e. The number of halogens is 1. The molecule has 1 aliphatic rings. The summed E-state index contributed by atoms with van der Waals surface area (Å²) >= 11 is 0. The average Bonchev–Trinajstić information content (AvgIpc) is 2.74. The van der Waals surface area contributed by atoms with E-state index in [0.717, 1.165) is 6.07 Å². The summed E-state index contributed by atoms with van der Waals surface area (Å²) in [4.78, 5) is 34.5. The van der Waals surface area contributed by atoms with Crippen LogP contribution in [0.5, 0.6) is 5.75 Å². The van der Waals surface area contributed by atoms with E-state index in [9.17, 15) is 29.0 Å². The minimum absolute atomic E-state index is 0.0102. The highest BCUT2D eigenvalue weighted by molar-refractivity contribution is 5.98. The number of aliphatic carboxylic acids is 1. The fraction of sp³-hybridized carbons (Fsp3) is 0.250. The zero-order chi connectivity index (χ0) is 21.7. The minimum Gasteiger partial charge on any atom is -0.488 e. The fourth-order valence-electron chi connectivity index (χ4n) is 3.06. The molecule has 0 aromatic heterocycles. The second-order valence-corrected chi connectivity index (χ2v) is 6.42. The van der Waals surface area contributed by atoms with Gasteiger partial charge in [-0.05, 0) is 35.9 Å². The van der Waals surface area contributed by atoms with Crippen molar-refractivity contribution in [2.45, 2.75) is 6.04 Å². The highest BCUT2D eigenvalue weighted by Crippen LogP contribution is 2.28. The Morgan fingerprint density at radius 3 is 2.63 bits per heavy atom. The summed E-state index contributed by atoms with van der Waals surface area (Å²) in [6.07, 6.45) is 0.425. The maximum absolute atomic E-state index is 14.0. The number of carbonyl (C=O) groups is 3. The first kappa shape index (κ1) is 21.2. The van der Waals surface area contributed by atoms with Gasteiger partial charge in [0.15, 0.2) is 23.9 Å². The van der Waals surface area contributed by atoms with Crippen LogP contribution in [0.25, 0.3) is 0 Å². The van der Waals surface area contributed by atoms with E-state index in [-0.39, 0.29) is 54.5 Å². The Balaban J connectivity index is 2.00. The second-order valence-electron chi connectivity index (χ2n) is 6.42. The van der Waals surface area contributed by atoms with Crippen molar-refractivity contribution in [3.05, 3.63) is 58.9 Å². The molecule has 30 heavy (non-hydrogen) atoms. The Morgan fingerprint density at radius 2 is 1.93 bits per heavy atom. The van der Waals surface area contributed by atoms with E-state index in [1.54, 1.807) is 0 Å². The number of anilines is 1. The normalized spacial score (nSPS) is 17.3. The van der Waals surface area contributed by atoms with Crippen molar-refractivity contribution in [2.24, 2.45) is 0 Å². The molecule has 0 radical (unpaired) electrons. The number of hydrogen-bond acceptors (Lipinski definition) is 7. The standard InChI is InChI=1S/C20H19FN2O7/c21-16-4-2-12-9-17(16)30-8-7-29-6-5-23(18(12)20(27)28)22-14-3-1-13(11-24)15(10-14)19(25)26/h1-4,9-11,18,22H,5-8H2,(H,25,26)(H,27,28). The number of fused-ring (bicyclic) bond motifs is 2. The van der Waals surface area contributed by atoms with Gasteiger partial charge in [-0.3, -0.25) is 9.59 Å². The van der Waals surface area contributed by atoms with Crippen LogP contribution < -0.4 is 10.2 Å². The number of benzene rings is 2. The van der Waals surface area contributed by atoms with Crippen molar-refractivity contribution in [3.8, 4) is 5.75 Å².